The fraction of sp³-hybridized carbons (Fsp3) is 0.448. The minimum atomic E-state index is 0.678. The van der Waals surface area contributed by atoms with Crippen LogP contribution in [-0.2, 0) is 6.42 Å². The maximum atomic E-state index is 4.31. The summed E-state index contributed by atoms with van der Waals surface area (Å²) in [4.78, 5) is 0.842. The lowest BCUT2D eigenvalue weighted by molar-refractivity contribution is 0.539. The van der Waals surface area contributed by atoms with Crippen LogP contribution in [0.3, 0.4) is 0 Å². The Balaban J connectivity index is 0.000000222. The van der Waals surface area contributed by atoms with E-state index in [1.165, 1.54) is 67.2 Å². The van der Waals surface area contributed by atoms with Crippen LogP contribution in [-0.4, -0.2) is 0 Å². The van der Waals surface area contributed by atoms with Gasteiger partial charge in [0.05, 0.1) is 0 Å². The van der Waals surface area contributed by atoms with E-state index in [1.54, 1.807) is 0 Å². The van der Waals surface area contributed by atoms with Gasteiger partial charge in [-0.1, -0.05) is 102 Å². The molecule has 0 saturated heterocycles. The number of rotatable bonds is 8. The lowest BCUT2D eigenvalue weighted by Crippen LogP contribution is -2.12. The lowest BCUT2D eigenvalue weighted by Gasteiger charge is -2.27. The molecule has 0 amide bonds. The molecule has 1 aliphatic rings. The van der Waals surface area contributed by atoms with Crippen molar-refractivity contribution >= 4 is 23.1 Å². The van der Waals surface area contributed by atoms with Crippen LogP contribution in [0, 0.1) is 5.92 Å². The third-order valence-corrected chi connectivity index (χ3v) is 6.48. The molecule has 1 unspecified atom stereocenters. The zero-order valence-electron chi connectivity index (χ0n) is 19.3. The van der Waals surface area contributed by atoms with Gasteiger partial charge in [-0.05, 0) is 71.8 Å². The number of fused-ring (bicyclic) bond motifs is 1. The Morgan fingerprint density at radius 3 is 2.23 bits per heavy atom. The summed E-state index contributed by atoms with van der Waals surface area (Å²) >= 11 is 4.31. The molecule has 0 bridgehead atoms. The summed E-state index contributed by atoms with van der Waals surface area (Å²) in [5, 5.41) is 0. The molecule has 2 aromatic carbocycles. The average Bonchev–Trinajstić information content (AvgIpc) is 2.76. The molecule has 0 N–H and O–H groups in total. The SMILES string of the molecule is C=C(S)c1ccc2c(c1)CCC(CCC)C2=C.CCCC(CCC)c1ccccc1. The van der Waals surface area contributed by atoms with Gasteiger partial charge in [0, 0.05) is 4.91 Å². The molecule has 0 radical (unpaired) electrons. The Morgan fingerprint density at radius 2 is 1.67 bits per heavy atom. The van der Waals surface area contributed by atoms with E-state index in [9.17, 15) is 0 Å². The molecule has 1 aliphatic carbocycles. The summed E-state index contributed by atoms with van der Waals surface area (Å²) in [7, 11) is 0. The minimum absolute atomic E-state index is 0.678. The molecule has 0 aromatic heterocycles. The molecule has 162 valence electrons. The number of hydrogen-bond acceptors (Lipinski definition) is 1. The van der Waals surface area contributed by atoms with E-state index in [0.29, 0.717) is 5.92 Å². The number of thiol groups is 1. The van der Waals surface area contributed by atoms with Gasteiger partial charge in [0.25, 0.3) is 0 Å². The zero-order chi connectivity index (χ0) is 21.9. The fourth-order valence-corrected chi connectivity index (χ4v) is 4.72. The molecule has 2 aromatic rings. The van der Waals surface area contributed by atoms with Crippen molar-refractivity contribution in [1.82, 2.24) is 0 Å². The van der Waals surface area contributed by atoms with Crippen molar-refractivity contribution in [1.29, 1.82) is 0 Å². The second-order valence-electron chi connectivity index (χ2n) is 8.55. The van der Waals surface area contributed by atoms with Gasteiger partial charge in [0.1, 0.15) is 0 Å². The molecule has 1 heteroatoms. The first-order valence-electron chi connectivity index (χ1n) is 11.8. The standard InChI is InChI=1S/C16H20S.C13H20/c1-4-5-13-6-7-15-10-14(12(3)17)8-9-16(15)11(13)2;1-3-8-12(9-4-2)13-10-6-5-7-11-13/h8-10,13,17H,2-7H2,1H3;5-7,10-12H,3-4,8-9H2,1-2H3. The first kappa shape index (κ1) is 24.5. The Morgan fingerprint density at radius 1 is 1.00 bits per heavy atom. The highest BCUT2D eigenvalue weighted by Crippen LogP contribution is 2.37. The number of hydrogen-bond donors (Lipinski definition) is 1. The molecule has 0 saturated carbocycles. The fourth-order valence-electron chi connectivity index (χ4n) is 4.58. The first-order chi connectivity index (χ1) is 14.5. The number of aryl methyl sites for hydroxylation is 1. The van der Waals surface area contributed by atoms with Crippen molar-refractivity contribution < 1.29 is 0 Å². The van der Waals surface area contributed by atoms with Crippen molar-refractivity contribution in [3.05, 3.63) is 83.9 Å². The van der Waals surface area contributed by atoms with Crippen molar-refractivity contribution in [3.8, 4) is 0 Å². The highest BCUT2D eigenvalue weighted by atomic mass is 32.1. The molecule has 0 heterocycles. The molecule has 3 rings (SSSR count). The number of benzene rings is 2. The third-order valence-electron chi connectivity index (χ3n) is 6.22. The minimum Gasteiger partial charge on any atom is -0.143 e. The van der Waals surface area contributed by atoms with E-state index in [2.05, 4.69) is 95.1 Å². The van der Waals surface area contributed by atoms with Gasteiger partial charge in [-0.2, -0.15) is 0 Å². The summed E-state index contributed by atoms with van der Waals surface area (Å²) in [6, 6.07) is 17.4. The number of allylic oxidation sites excluding steroid dienone is 1. The maximum Gasteiger partial charge on any atom is 0.00406 e. The van der Waals surface area contributed by atoms with Crippen molar-refractivity contribution in [2.75, 3.05) is 0 Å². The van der Waals surface area contributed by atoms with Gasteiger partial charge in [-0.15, -0.1) is 12.6 Å². The smallest absolute Gasteiger partial charge is 0.00406 e. The van der Waals surface area contributed by atoms with Crippen LogP contribution in [0.5, 0.6) is 0 Å². The van der Waals surface area contributed by atoms with Crippen LogP contribution in [0.15, 0.2) is 61.7 Å². The highest BCUT2D eigenvalue weighted by molar-refractivity contribution is 7.90. The van der Waals surface area contributed by atoms with E-state index >= 15 is 0 Å². The third kappa shape index (κ3) is 6.91. The topological polar surface area (TPSA) is 0 Å². The molecule has 1 atom stereocenters. The van der Waals surface area contributed by atoms with E-state index in [0.717, 1.165) is 22.8 Å². The Bertz CT molecular complexity index is 796. The molecule has 0 fully saturated rings. The molecule has 0 aliphatic heterocycles. The summed E-state index contributed by atoms with van der Waals surface area (Å²) in [5.41, 5.74) is 6.74. The summed E-state index contributed by atoms with van der Waals surface area (Å²) in [6.07, 6.45) is 10.1. The van der Waals surface area contributed by atoms with Gasteiger partial charge >= 0.3 is 0 Å². The van der Waals surface area contributed by atoms with Crippen LogP contribution < -0.4 is 0 Å². The van der Waals surface area contributed by atoms with E-state index in [4.69, 9.17) is 0 Å². The average molecular weight is 421 g/mol. The van der Waals surface area contributed by atoms with Crippen molar-refractivity contribution in [3.63, 3.8) is 0 Å². The largest absolute Gasteiger partial charge is 0.143 e. The normalized spacial score (nSPS) is 15.4. The van der Waals surface area contributed by atoms with Gasteiger partial charge < -0.3 is 0 Å². The monoisotopic (exact) mass is 420 g/mol. The van der Waals surface area contributed by atoms with E-state index < -0.39 is 0 Å². The van der Waals surface area contributed by atoms with Gasteiger partial charge in [-0.25, -0.2) is 0 Å². The second kappa shape index (κ2) is 12.8. The quantitative estimate of drug-likeness (QED) is 0.404. The Labute approximate surface area is 190 Å². The summed E-state index contributed by atoms with van der Waals surface area (Å²) in [6.45, 7) is 15.0. The van der Waals surface area contributed by atoms with Crippen LogP contribution in [0.2, 0.25) is 0 Å². The molecule has 0 spiro atoms. The first-order valence-corrected chi connectivity index (χ1v) is 12.2. The second-order valence-corrected chi connectivity index (χ2v) is 9.09. The molecular formula is C29H40S. The van der Waals surface area contributed by atoms with Crippen LogP contribution in [0.1, 0.15) is 93.9 Å². The zero-order valence-corrected chi connectivity index (χ0v) is 20.2. The summed E-state index contributed by atoms with van der Waals surface area (Å²) in [5.74, 6) is 1.47. The van der Waals surface area contributed by atoms with Crippen LogP contribution in [0.4, 0.5) is 0 Å². The predicted molar refractivity (Wildman–Crippen MR) is 139 cm³/mol. The Hall–Kier alpha value is -1.73. The summed E-state index contributed by atoms with van der Waals surface area (Å²) < 4.78 is 0. The van der Waals surface area contributed by atoms with Gasteiger partial charge in [-0.3, -0.25) is 0 Å². The van der Waals surface area contributed by atoms with Crippen molar-refractivity contribution in [2.24, 2.45) is 5.92 Å². The van der Waals surface area contributed by atoms with E-state index in [1.807, 2.05) is 0 Å². The Kier molecular flexibility index (Phi) is 10.5. The highest BCUT2D eigenvalue weighted by Gasteiger charge is 2.21. The van der Waals surface area contributed by atoms with Crippen LogP contribution in [0.25, 0.3) is 10.5 Å². The predicted octanol–water partition coefficient (Wildman–Crippen LogP) is 9.33. The molecule has 30 heavy (non-hydrogen) atoms. The maximum absolute atomic E-state index is 4.31. The molecule has 0 nitrogen and oxygen atoms in total. The van der Waals surface area contributed by atoms with Gasteiger partial charge in [0.2, 0.25) is 0 Å². The van der Waals surface area contributed by atoms with Gasteiger partial charge in [0.15, 0.2) is 0 Å². The van der Waals surface area contributed by atoms with Crippen molar-refractivity contribution in [2.45, 2.75) is 78.1 Å². The lowest BCUT2D eigenvalue weighted by atomic mass is 9.78. The van der Waals surface area contributed by atoms with E-state index in [-0.39, 0.29) is 0 Å². The van der Waals surface area contributed by atoms with Crippen LogP contribution >= 0.6 is 12.6 Å². The molecular weight excluding hydrogens is 380 g/mol.